The Labute approximate surface area is 107 Å². The summed E-state index contributed by atoms with van der Waals surface area (Å²) < 4.78 is 1.03. The van der Waals surface area contributed by atoms with Gasteiger partial charge in [-0.1, -0.05) is 57.5 Å². The first kappa shape index (κ1) is 13.6. The maximum Gasteiger partial charge on any atom is 0.182 e. The third-order valence-corrected chi connectivity index (χ3v) is 3.28. The molecule has 1 radical (unpaired) electrons. The minimum absolute atomic E-state index is 0.0259. The van der Waals surface area contributed by atoms with E-state index in [9.17, 15) is 5.11 Å². The van der Waals surface area contributed by atoms with Crippen LogP contribution in [0.25, 0.3) is 0 Å². The molecule has 16 heavy (non-hydrogen) atoms. The van der Waals surface area contributed by atoms with Crippen molar-refractivity contribution in [2.24, 2.45) is 0 Å². The smallest absolute Gasteiger partial charge is 0.182 e. The molecule has 2 heteroatoms. The van der Waals surface area contributed by atoms with Gasteiger partial charge in [-0.25, -0.2) is 0 Å². The first-order valence-corrected chi connectivity index (χ1v) is 6.35. The molecule has 0 aliphatic rings. The molecular formula is C14H20BrO. The Balaban J connectivity index is 3.64. The van der Waals surface area contributed by atoms with Crippen molar-refractivity contribution >= 4 is 15.9 Å². The van der Waals surface area contributed by atoms with Crippen LogP contribution in [0.1, 0.15) is 52.7 Å². The predicted molar refractivity (Wildman–Crippen MR) is 71.7 cm³/mol. The molecule has 89 valence electrons. The molecule has 0 bridgehead atoms. The fourth-order valence-electron chi connectivity index (χ4n) is 2.04. The van der Waals surface area contributed by atoms with Crippen LogP contribution in [0.2, 0.25) is 0 Å². The summed E-state index contributed by atoms with van der Waals surface area (Å²) in [5.41, 5.74) is 1.91. The van der Waals surface area contributed by atoms with Crippen LogP contribution in [0.15, 0.2) is 16.6 Å². The predicted octanol–water partition coefficient (Wildman–Crippen LogP) is 5.19. The van der Waals surface area contributed by atoms with Gasteiger partial charge in [-0.3, -0.25) is 5.11 Å². The molecule has 1 rings (SSSR count). The summed E-state index contributed by atoms with van der Waals surface area (Å²) in [6.07, 6.45) is 0. The minimum Gasteiger partial charge on any atom is -0.290 e. The van der Waals surface area contributed by atoms with Crippen molar-refractivity contribution in [3.05, 3.63) is 27.7 Å². The van der Waals surface area contributed by atoms with E-state index in [0.717, 1.165) is 15.6 Å². The lowest BCUT2D eigenvalue weighted by molar-refractivity contribution is 0.337. The second-order valence-corrected chi connectivity index (χ2v) is 7.15. The Morgan fingerprint density at radius 3 is 1.62 bits per heavy atom. The van der Waals surface area contributed by atoms with Crippen molar-refractivity contribution in [2.75, 3.05) is 0 Å². The van der Waals surface area contributed by atoms with Gasteiger partial charge in [0.15, 0.2) is 5.75 Å². The number of rotatable bonds is 0. The van der Waals surface area contributed by atoms with Crippen molar-refractivity contribution in [1.29, 1.82) is 0 Å². The lowest BCUT2D eigenvalue weighted by Crippen LogP contribution is -2.22. The zero-order chi connectivity index (χ0) is 12.7. The van der Waals surface area contributed by atoms with Gasteiger partial charge in [-0.2, -0.15) is 0 Å². The highest BCUT2D eigenvalue weighted by Gasteiger charge is 2.30. The van der Waals surface area contributed by atoms with E-state index in [0.29, 0.717) is 0 Å². The highest BCUT2D eigenvalue weighted by molar-refractivity contribution is 9.10. The fraction of sp³-hybridized carbons (Fsp3) is 0.571. The summed E-state index contributed by atoms with van der Waals surface area (Å²) in [5.74, 6) is 0.139. The van der Waals surface area contributed by atoms with Crippen molar-refractivity contribution in [2.45, 2.75) is 52.4 Å². The number of hydrogen-bond donors (Lipinski definition) is 0. The van der Waals surface area contributed by atoms with Crippen molar-refractivity contribution in [1.82, 2.24) is 0 Å². The first-order valence-electron chi connectivity index (χ1n) is 5.55. The van der Waals surface area contributed by atoms with E-state index >= 15 is 0 Å². The van der Waals surface area contributed by atoms with Gasteiger partial charge in [0.05, 0.1) is 0 Å². The molecule has 0 aromatic heterocycles. The molecular weight excluding hydrogens is 264 g/mol. The molecule has 0 N–H and O–H groups in total. The molecule has 0 heterocycles. The molecule has 0 spiro atoms. The molecule has 0 saturated carbocycles. The molecule has 0 saturated heterocycles. The van der Waals surface area contributed by atoms with Crippen LogP contribution in [0.4, 0.5) is 0 Å². The summed E-state index contributed by atoms with van der Waals surface area (Å²) in [6, 6.07) is 3.51. The van der Waals surface area contributed by atoms with E-state index in [1.165, 1.54) is 0 Å². The Morgan fingerprint density at radius 1 is 0.875 bits per heavy atom. The van der Waals surface area contributed by atoms with Crippen LogP contribution < -0.4 is 0 Å². The molecule has 0 atom stereocenters. The van der Waals surface area contributed by atoms with Gasteiger partial charge >= 0.3 is 0 Å². The van der Waals surface area contributed by atoms with Crippen molar-refractivity contribution < 1.29 is 5.11 Å². The van der Waals surface area contributed by atoms with Gasteiger partial charge in [0, 0.05) is 10.0 Å². The maximum absolute atomic E-state index is 12.1. The SMILES string of the molecule is CC(C)(C)c1c([O])ccc(Br)c1C(C)(C)C. The van der Waals surface area contributed by atoms with E-state index in [4.69, 9.17) is 0 Å². The molecule has 1 nitrogen and oxygen atoms in total. The zero-order valence-electron chi connectivity index (χ0n) is 10.9. The largest absolute Gasteiger partial charge is 0.290 e. The fourth-order valence-corrected chi connectivity index (χ4v) is 2.96. The average molecular weight is 284 g/mol. The van der Waals surface area contributed by atoms with Crippen molar-refractivity contribution in [3.8, 4) is 5.75 Å². The summed E-state index contributed by atoms with van der Waals surface area (Å²) >= 11 is 3.57. The van der Waals surface area contributed by atoms with Gasteiger partial charge in [-0.05, 0) is 28.5 Å². The van der Waals surface area contributed by atoms with Gasteiger partial charge in [0.2, 0.25) is 0 Å². The quantitative estimate of drug-likeness (QED) is 0.625. The molecule has 0 aliphatic carbocycles. The van der Waals surface area contributed by atoms with Crippen LogP contribution in [0, 0.1) is 0 Å². The van der Waals surface area contributed by atoms with Gasteiger partial charge in [0.1, 0.15) is 0 Å². The van der Waals surface area contributed by atoms with Crippen LogP contribution in [-0.2, 0) is 15.9 Å². The van der Waals surface area contributed by atoms with E-state index < -0.39 is 0 Å². The van der Waals surface area contributed by atoms with E-state index in [1.54, 1.807) is 6.07 Å². The molecule has 0 unspecified atom stereocenters. The Morgan fingerprint density at radius 2 is 1.31 bits per heavy atom. The molecule has 0 fully saturated rings. The van der Waals surface area contributed by atoms with E-state index in [-0.39, 0.29) is 16.6 Å². The van der Waals surface area contributed by atoms with Gasteiger partial charge in [-0.15, -0.1) is 0 Å². The Bertz CT molecular complexity index is 355. The zero-order valence-corrected chi connectivity index (χ0v) is 12.5. The molecule has 0 amide bonds. The lowest BCUT2D eigenvalue weighted by atomic mass is 9.75. The third kappa shape index (κ3) is 2.60. The molecule has 1 aromatic rings. The maximum atomic E-state index is 12.1. The number of benzene rings is 1. The summed E-state index contributed by atoms with van der Waals surface area (Å²) in [4.78, 5) is 0. The van der Waals surface area contributed by atoms with Gasteiger partial charge in [0.25, 0.3) is 0 Å². The van der Waals surface area contributed by atoms with E-state index in [2.05, 4.69) is 57.5 Å². The van der Waals surface area contributed by atoms with E-state index in [1.807, 2.05) is 6.07 Å². The third-order valence-electron chi connectivity index (χ3n) is 2.62. The van der Waals surface area contributed by atoms with Crippen LogP contribution >= 0.6 is 15.9 Å². The minimum atomic E-state index is -0.122. The number of halogens is 1. The lowest BCUT2D eigenvalue weighted by Gasteiger charge is -2.31. The summed E-state index contributed by atoms with van der Waals surface area (Å²) in [6.45, 7) is 12.7. The normalized spacial score (nSPS) is 12.9. The van der Waals surface area contributed by atoms with Gasteiger partial charge < -0.3 is 0 Å². The van der Waals surface area contributed by atoms with Crippen LogP contribution in [-0.4, -0.2) is 0 Å². The highest BCUT2D eigenvalue weighted by atomic mass is 79.9. The summed E-state index contributed by atoms with van der Waals surface area (Å²) in [7, 11) is 0. The topological polar surface area (TPSA) is 19.9 Å². The second kappa shape index (κ2) is 4.06. The monoisotopic (exact) mass is 283 g/mol. The average Bonchev–Trinajstić information content (AvgIpc) is 2.04. The van der Waals surface area contributed by atoms with Crippen molar-refractivity contribution in [3.63, 3.8) is 0 Å². The molecule has 0 aliphatic heterocycles. The van der Waals surface area contributed by atoms with Crippen LogP contribution in [0.3, 0.4) is 0 Å². The highest BCUT2D eigenvalue weighted by Crippen LogP contribution is 2.43. The Kier molecular flexibility index (Phi) is 3.45. The summed E-state index contributed by atoms with van der Waals surface area (Å²) in [5, 5.41) is 12.1. The standard InChI is InChI=1S/C14H20BrO/c1-13(2,3)11-9(15)7-8-10(16)12(11)14(4,5)6/h7-8H,1-6H3. The Hall–Kier alpha value is -0.500. The first-order chi connectivity index (χ1) is 7.05. The second-order valence-electron chi connectivity index (χ2n) is 6.30. The number of hydrogen-bond acceptors (Lipinski definition) is 0. The van der Waals surface area contributed by atoms with Crippen LogP contribution in [0.5, 0.6) is 5.75 Å². The molecule has 1 aromatic carbocycles.